The highest BCUT2D eigenvalue weighted by Gasteiger charge is 2.27. The van der Waals surface area contributed by atoms with Crippen LogP contribution in [-0.4, -0.2) is 29.1 Å². The van der Waals surface area contributed by atoms with Gasteiger partial charge < -0.3 is 0 Å². The average Bonchev–Trinajstić information content (AvgIpc) is 2.60. The SMILES string of the molecule is CCCS(=O)(=O)NC[C@](C)(F)c1ccc(-c2ccc(S(N)(=O)=O)cc2)cc1. The third kappa shape index (κ3) is 5.83. The van der Waals surface area contributed by atoms with E-state index in [1.165, 1.54) is 19.1 Å². The number of hydrogen-bond donors (Lipinski definition) is 2. The molecule has 2 rings (SSSR count). The van der Waals surface area contributed by atoms with Gasteiger partial charge in [0.2, 0.25) is 20.0 Å². The van der Waals surface area contributed by atoms with Crippen LogP contribution < -0.4 is 9.86 Å². The Morgan fingerprint density at radius 1 is 0.963 bits per heavy atom. The molecule has 0 spiro atoms. The summed E-state index contributed by atoms with van der Waals surface area (Å²) < 4.78 is 63.2. The molecule has 0 saturated carbocycles. The monoisotopic (exact) mass is 414 g/mol. The van der Waals surface area contributed by atoms with E-state index in [2.05, 4.69) is 4.72 Å². The summed E-state index contributed by atoms with van der Waals surface area (Å²) in [6.45, 7) is 2.71. The van der Waals surface area contributed by atoms with Gasteiger partial charge in [-0.05, 0) is 42.2 Å². The lowest BCUT2D eigenvalue weighted by molar-refractivity contribution is 0.196. The molecule has 0 aliphatic carbocycles. The van der Waals surface area contributed by atoms with Gasteiger partial charge in [-0.1, -0.05) is 43.3 Å². The molecule has 27 heavy (non-hydrogen) atoms. The Labute approximate surface area is 159 Å². The van der Waals surface area contributed by atoms with Gasteiger partial charge in [0.05, 0.1) is 10.6 Å². The van der Waals surface area contributed by atoms with Crippen molar-refractivity contribution < 1.29 is 21.2 Å². The molecule has 3 N–H and O–H groups in total. The highest BCUT2D eigenvalue weighted by molar-refractivity contribution is 7.89. The number of nitrogens with one attached hydrogen (secondary N) is 1. The molecule has 0 bridgehead atoms. The molecule has 0 aliphatic heterocycles. The van der Waals surface area contributed by atoms with Gasteiger partial charge in [0.15, 0.2) is 0 Å². The van der Waals surface area contributed by atoms with E-state index in [-0.39, 0.29) is 17.2 Å². The summed E-state index contributed by atoms with van der Waals surface area (Å²) in [4.78, 5) is 0.0126. The molecule has 2 aromatic rings. The third-order valence-electron chi connectivity index (χ3n) is 4.10. The van der Waals surface area contributed by atoms with E-state index >= 15 is 0 Å². The maximum absolute atomic E-state index is 14.9. The minimum Gasteiger partial charge on any atom is -0.238 e. The minimum atomic E-state index is -3.76. The summed E-state index contributed by atoms with van der Waals surface area (Å²) in [6.07, 6.45) is 0.456. The van der Waals surface area contributed by atoms with Gasteiger partial charge in [-0.15, -0.1) is 0 Å². The number of nitrogens with two attached hydrogens (primary N) is 1. The molecular formula is C18H23FN2O4S2. The number of sulfonamides is 2. The lowest BCUT2D eigenvalue weighted by atomic mass is 9.95. The first-order valence-electron chi connectivity index (χ1n) is 8.35. The Kier molecular flexibility index (Phi) is 6.41. The third-order valence-corrected chi connectivity index (χ3v) is 6.56. The number of hydrogen-bond acceptors (Lipinski definition) is 4. The van der Waals surface area contributed by atoms with Crippen LogP contribution in [0.2, 0.25) is 0 Å². The van der Waals surface area contributed by atoms with Crippen molar-refractivity contribution in [2.45, 2.75) is 30.8 Å². The summed E-state index contributed by atoms with van der Waals surface area (Å²) in [7, 11) is -7.25. The van der Waals surface area contributed by atoms with E-state index in [9.17, 15) is 21.2 Å². The van der Waals surface area contributed by atoms with Crippen molar-refractivity contribution >= 4 is 20.0 Å². The maximum atomic E-state index is 14.9. The molecular weight excluding hydrogens is 391 g/mol. The van der Waals surface area contributed by atoms with Crippen LogP contribution in [0.25, 0.3) is 11.1 Å². The molecule has 0 aromatic heterocycles. The van der Waals surface area contributed by atoms with E-state index in [0.29, 0.717) is 12.0 Å². The zero-order valence-electron chi connectivity index (χ0n) is 15.1. The van der Waals surface area contributed by atoms with Gasteiger partial charge in [0, 0.05) is 6.54 Å². The van der Waals surface area contributed by atoms with Crippen molar-refractivity contribution in [1.82, 2.24) is 4.72 Å². The Morgan fingerprint density at radius 3 is 1.89 bits per heavy atom. The molecule has 148 valence electrons. The van der Waals surface area contributed by atoms with Crippen LogP contribution in [0.15, 0.2) is 53.4 Å². The fourth-order valence-corrected chi connectivity index (χ4v) is 4.22. The molecule has 0 fully saturated rings. The molecule has 0 amide bonds. The lowest BCUT2D eigenvalue weighted by Gasteiger charge is -2.21. The van der Waals surface area contributed by atoms with Crippen LogP contribution in [-0.2, 0) is 25.7 Å². The topological polar surface area (TPSA) is 106 Å². The van der Waals surface area contributed by atoms with Gasteiger partial charge in [-0.3, -0.25) is 0 Å². The Morgan fingerprint density at radius 2 is 1.44 bits per heavy atom. The first-order valence-corrected chi connectivity index (χ1v) is 11.5. The summed E-state index contributed by atoms with van der Waals surface area (Å²) in [6, 6.07) is 12.6. The summed E-state index contributed by atoms with van der Waals surface area (Å²) in [5, 5.41) is 5.07. The molecule has 1 atom stereocenters. The van der Waals surface area contributed by atoms with Gasteiger partial charge in [0.25, 0.3) is 0 Å². The van der Waals surface area contributed by atoms with E-state index in [0.717, 1.165) is 11.1 Å². The standard InChI is InChI=1S/C18H23FN2O4S2/c1-3-12-26(22,23)21-13-18(2,19)16-8-4-14(5-9-16)15-6-10-17(11-7-15)27(20,24)25/h4-11,21H,3,12-13H2,1-2H3,(H2,20,24,25)/t18-/m0/s1. The highest BCUT2D eigenvalue weighted by Crippen LogP contribution is 2.28. The number of primary sulfonamides is 1. The normalized spacial score (nSPS) is 14.7. The van der Waals surface area contributed by atoms with Crippen molar-refractivity contribution in [1.29, 1.82) is 0 Å². The Bertz CT molecular complexity index is 985. The van der Waals surface area contributed by atoms with E-state index in [1.807, 2.05) is 0 Å². The second kappa shape index (κ2) is 8.05. The van der Waals surface area contributed by atoms with E-state index < -0.39 is 25.7 Å². The van der Waals surface area contributed by atoms with Crippen LogP contribution in [0.5, 0.6) is 0 Å². The molecule has 0 radical (unpaired) electrons. The molecule has 6 nitrogen and oxygen atoms in total. The lowest BCUT2D eigenvalue weighted by Crippen LogP contribution is -2.36. The quantitative estimate of drug-likeness (QED) is 0.692. The summed E-state index contributed by atoms with van der Waals surface area (Å²) in [5.41, 5.74) is -0.0107. The number of benzene rings is 2. The van der Waals surface area contributed by atoms with Crippen molar-refractivity contribution in [2.24, 2.45) is 5.14 Å². The van der Waals surface area contributed by atoms with Gasteiger partial charge >= 0.3 is 0 Å². The fraction of sp³-hybridized carbons (Fsp3) is 0.333. The predicted molar refractivity (Wildman–Crippen MR) is 104 cm³/mol. The smallest absolute Gasteiger partial charge is 0.238 e. The summed E-state index contributed by atoms with van der Waals surface area (Å²) in [5.74, 6) is -0.0451. The van der Waals surface area contributed by atoms with E-state index in [4.69, 9.17) is 5.14 Å². The van der Waals surface area contributed by atoms with Crippen molar-refractivity contribution in [2.75, 3.05) is 12.3 Å². The van der Waals surface area contributed by atoms with Gasteiger partial charge in [-0.2, -0.15) is 0 Å². The molecule has 0 unspecified atom stereocenters. The van der Waals surface area contributed by atoms with Gasteiger partial charge in [0.1, 0.15) is 5.67 Å². The van der Waals surface area contributed by atoms with Crippen LogP contribution in [0, 0.1) is 0 Å². The second-order valence-corrected chi connectivity index (χ2v) is 9.97. The minimum absolute atomic E-state index is 0.0126. The molecule has 0 aliphatic rings. The van der Waals surface area contributed by atoms with Crippen LogP contribution >= 0.6 is 0 Å². The molecule has 9 heteroatoms. The number of alkyl halides is 1. The van der Waals surface area contributed by atoms with Crippen LogP contribution in [0.3, 0.4) is 0 Å². The predicted octanol–water partition coefficient (Wildman–Crippen LogP) is 2.52. The second-order valence-electron chi connectivity index (χ2n) is 6.48. The van der Waals surface area contributed by atoms with Crippen molar-refractivity contribution in [3.8, 4) is 11.1 Å². The van der Waals surface area contributed by atoms with Crippen LogP contribution in [0.1, 0.15) is 25.8 Å². The zero-order chi connectivity index (χ0) is 20.3. The fourth-order valence-electron chi connectivity index (χ4n) is 2.54. The maximum Gasteiger partial charge on any atom is 0.238 e. The number of rotatable bonds is 8. The van der Waals surface area contributed by atoms with Crippen molar-refractivity contribution in [3.05, 3.63) is 54.1 Å². The number of halogens is 1. The Hall–Kier alpha value is -1.81. The van der Waals surface area contributed by atoms with Crippen LogP contribution in [0.4, 0.5) is 4.39 Å². The first-order chi connectivity index (χ1) is 12.4. The Balaban J connectivity index is 2.16. The van der Waals surface area contributed by atoms with Gasteiger partial charge in [-0.25, -0.2) is 31.1 Å². The first kappa shape index (κ1) is 21.5. The van der Waals surface area contributed by atoms with E-state index in [1.54, 1.807) is 43.3 Å². The highest BCUT2D eigenvalue weighted by atomic mass is 32.2. The largest absolute Gasteiger partial charge is 0.238 e. The van der Waals surface area contributed by atoms with Crippen molar-refractivity contribution in [3.63, 3.8) is 0 Å². The summed E-state index contributed by atoms with van der Waals surface area (Å²) >= 11 is 0. The molecule has 2 aromatic carbocycles. The average molecular weight is 415 g/mol. The zero-order valence-corrected chi connectivity index (χ0v) is 16.8. The molecule has 0 saturated heterocycles. The molecule has 0 heterocycles.